The van der Waals surface area contributed by atoms with Gasteiger partial charge >= 0.3 is 0 Å². The number of benzene rings is 2. The maximum Gasteiger partial charge on any atom is 0.287 e. The smallest absolute Gasteiger partial charge is 0.287 e. The molecule has 1 aliphatic heterocycles. The van der Waals surface area contributed by atoms with Crippen molar-refractivity contribution in [2.45, 2.75) is 57.5 Å². The summed E-state index contributed by atoms with van der Waals surface area (Å²) in [6.45, 7) is 8.96. The van der Waals surface area contributed by atoms with Crippen molar-refractivity contribution >= 4 is 11.6 Å². The largest absolute Gasteiger partial charge is 0.370 e. The summed E-state index contributed by atoms with van der Waals surface area (Å²) in [5.41, 5.74) is 4.48. The lowest BCUT2D eigenvalue weighted by atomic mass is 9.79. The number of nitrogens with two attached hydrogens (primary N) is 1. The van der Waals surface area contributed by atoms with E-state index in [-0.39, 0.29) is 17.5 Å². The van der Waals surface area contributed by atoms with E-state index in [0.29, 0.717) is 0 Å². The number of ether oxygens (including phenoxy) is 1. The van der Waals surface area contributed by atoms with Crippen LogP contribution in [0.4, 0.5) is 5.69 Å². The van der Waals surface area contributed by atoms with Crippen LogP contribution in [0.2, 0.25) is 0 Å². The maximum atomic E-state index is 13.6. The van der Waals surface area contributed by atoms with Crippen molar-refractivity contribution in [1.82, 2.24) is 0 Å². The summed E-state index contributed by atoms with van der Waals surface area (Å²) in [5, 5.41) is 5.54. The Kier molecular flexibility index (Phi) is 7.61. The second-order valence-electron chi connectivity index (χ2n) is 9.69. The molecule has 0 spiro atoms. The van der Waals surface area contributed by atoms with Crippen LogP contribution in [0.25, 0.3) is 0 Å². The molecule has 32 heavy (non-hydrogen) atoms. The van der Waals surface area contributed by atoms with Gasteiger partial charge in [-0.1, -0.05) is 48.9 Å². The Morgan fingerprint density at radius 2 is 1.78 bits per heavy atom. The second-order valence-corrected chi connectivity index (χ2v) is 9.69. The van der Waals surface area contributed by atoms with Crippen molar-refractivity contribution in [2.24, 2.45) is 0 Å². The topological polar surface area (TPSA) is 59.4 Å². The molecule has 1 saturated carbocycles. The van der Waals surface area contributed by atoms with E-state index >= 15 is 0 Å². The van der Waals surface area contributed by atoms with Gasteiger partial charge in [-0.3, -0.25) is 4.79 Å². The van der Waals surface area contributed by atoms with E-state index in [9.17, 15) is 4.79 Å². The summed E-state index contributed by atoms with van der Waals surface area (Å²) in [6.07, 6.45) is 6.42. The molecule has 5 nitrogen and oxygen atoms in total. The van der Waals surface area contributed by atoms with Gasteiger partial charge in [0.15, 0.2) is 6.04 Å². The summed E-state index contributed by atoms with van der Waals surface area (Å²) in [7, 11) is 0. The van der Waals surface area contributed by atoms with E-state index in [1.807, 2.05) is 18.2 Å². The number of nitrogens with one attached hydrogen (secondary N) is 2. The normalized spacial score (nSPS) is 19.9. The second kappa shape index (κ2) is 10.6. The van der Waals surface area contributed by atoms with Gasteiger partial charge in [0.2, 0.25) is 0 Å². The van der Waals surface area contributed by atoms with Crippen LogP contribution in [0.1, 0.15) is 54.8 Å². The molecular formula is C27H39N3O2+2. The van der Waals surface area contributed by atoms with E-state index in [1.165, 1.54) is 32.1 Å². The first-order chi connectivity index (χ1) is 15.6. The number of rotatable bonds is 7. The first kappa shape index (κ1) is 23.0. The van der Waals surface area contributed by atoms with Gasteiger partial charge in [-0.15, -0.1) is 0 Å². The maximum absolute atomic E-state index is 13.6. The lowest BCUT2D eigenvalue weighted by Crippen LogP contribution is -3.25. The number of hydrogen-bond donors (Lipinski definition) is 3. The third-order valence-corrected chi connectivity index (χ3v) is 7.49. The van der Waals surface area contributed by atoms with Gasteiger partial charge in [0.05, 0.1) is 13.2 Å². The molecule has 0 aromatic heterocycles. The highest BCUT2D eigenvalue weighted by molar-refractivity contribution is 5.95. The Bertz CT molecular complexity index is 887. The number of carbonyl (C=O) groups excluding carboxylic acids is 1. The number of quaternary nitrogens is 2. The molecule has 1 amide bonds. The fraction of sp³-hybridized carbons (Fsp3) is 0.519. The van der Waals surface area contributed by atoms with E-state index in [1.54, 1.807) is 4.90 Å². The van der Waals surface area contributed by atoms with Crippen molar-refractivity contribution in [3.8, 4) is 0 Å². The highest BCUT2D eigenvalue weighted by atomic mass is 16.5. The highest BCUT2D eigenvalue weighted by Gasteiger charge is 2.45. The molecule has 5 heteroatoms. The Hall–Kier alpha value is -2.21. The molecule has 1 aliphatic carbocycles. The van der Waals surface area contributed by atoms with Crippen LogP contribution in [-0.2, 0) is 9.53 Å². The van der Waals surface area contributed by atoms with Gasteiger partial charge in [0, 0.05) is 24.1 Å². The molecular weight excluding hydrogens is 398 g/mol. The molecule has 1 saturated heterocycles. The number of amides is 1. The molecule has 0 unspecified atom stereocenters. The molecule has 2 aromatic rings. The third-order valence-electron chi connectivity index (χ3n) is 7.49. The number of hydrogen-bond acceptors (Lipinski definition) is 2. The average molecular weight is 438 g/mol. The predicted molar refractivity (Wildman–Crippen MR) is 128 cm³/mol. The highest BCUT2D eigenvalue weighted by Crippen LogP contribution is 2.25. The number of morpholine rings is 1. The predicted octanol–water partition coefficient (Wildman–Crippen LogP) is 2.16. The number of carbonyl (C=O) groups is 1. The van der Waals surface area contributed by atoms with Gasteiger partial charge in [-0.05, 0) is 43.9 Å². The average Bonchev–Trinajstić information content (AvgIpc) is 2.83. The minimum atomic E-state index is -0.254. The molecule has 2 aliphatic rings. The first-order valence-corrected chi connectivity index (χ1v) is 12.3. The molecule has 2 fully saturated rings. The van der Waals surface area contributed by atoms with Crippen LogP contribution in [0.3, 0.4) is 0 Å². The van der Waals surface area contributed by atoms with Crippen LogP contribution in [0.15, 0.2) is 48.5 Å². The fourth-order valence-corrected chi connectivity index (χ4v) is 5.56. The Morgan fingerprint density at radius 3 is 2.50 bits per heavy atom. The monoisotopic (exact) mass is 437 g/mol. The lowest BCUT2D eigenvalue weighted by molar-refractivity contribution is -0.975. The minimum Gasteiger partial charge on any atom is -0.370 e. The standard InChI is InChI=1S/C27H37N3O2/c1-21-11-12-22(2)24(19-21)29-26(31)25(23-9-5-3-6-10-23)28-20-27(13-7-4-8-14-27)30-15-17-32-18-16-30/h3,5-6,9-12,19,25,28H,4,7-8,13-18,20H2,1-2H3,(H,29,31)/p+2/t25-/m1/s1. The molecule has 1 heterocycles. The third kappa shape index (κ3) is 5.40. The van der Waals surface area contributed by atoms with Crippen molar-refractivity contribution < 1.29 is 19.7 Å². The van der Waals surface area contributed by atoms with E-state index in [2.05, 4.69) is 54.8 Å². The molecule has 0 bridgehead atoms. The fourth-order valence-electron chi connectivity index (χ4n) is 5.56. The van der Waals surface area contributed by atoms with Gasteiger partial charge in [0.25, 0.3) is 5.91 Å². The summed E-state index contributed by atoms with van der Waals surface area (Å²) in [5.74, 6) is 0.0628. The summed E-state index contributed by atoms with van der Waals surface area (Å²) < 4.78 is 5.66. The first-order valence-electron chi connectivity index (χ1n) is 12.3. The zero-order chi connectivity index (χ0) is 22.4. The SMILES string of the molecule is Cc1ccc(C)c(NC(=O)[C@H]([NH2+]CC2([NH+]3CCOCC3)CCCCC2)c2ccccc2)c1. The van der Waals surface area contributed by atoms with Crippen molar-refractivity contribution in [1.29, 1.82) is 0 Å². The zero-order valence-electron chi connectivity index (χ0n) is 19.7. The van der Waals surface area contributed by atoms with Gasteiger partial charge < -0.3 is 20.3 Å². The molecule has 2 aromatic carbocycles. The van der Waals surface area contributed by atoms with E-state index in [0.717, 1.165) is 55.2 Å². The molecule has 1 atom stereocenters. The van der Waals surface area contributed by atoms with E-state index < -0.39 is 0 Å². The van der Waals surface area contributed by atoms with Crippen LogP contribution in [0, 0.1) is 13.8 Å². The number of aryl methyl sites for hydroxylation is 2. The molecule has 0 radical (unpaired) electrons. The van der Waals surface area contributed by atoms with Crippen LogP contribution in [-0.4, -0.2) is 44.3 Å². The van der Waals surface area contributed by atoms with Gasteiger partial charge in [-0.25, -0.2) is 0 Å². The summed E-state index contributed by atoms with van der Waals surface area (Å²) in [6, 6.07) is 16.2. The van der Waals surface area contributed by atoms with Crippen LogP contribution < -0.4 is 15.5 Å². The summed E-state index contributed by atoms with van der Waals surface area (Å²) in [4.78, 5) is 15.2. The van der Waals surface area contributed by atoms with Crippen molar-refractivity contribution in [3.63, 3.8) is 0 Å². The quantitative estimate of drug-likeness (QED) is 0.622. The van der Waals surface area contributed by atoms with Gasteiger partial charge in [-0.2, -0.15) is 0 Å². The lowest BCUT2D eigenvalue weighted by Gasteiger charge is -2.44. The zero-order valence-corrected chi connectivity index (χ0v) is 19.7. The van der Waals surface area contributed by atoms with Gasteiger partial charge in [0.1, 0.15) is 25.2 Å². The van der Waals surface area contributed by atoms with Crippen molar-refractivity contribution in [3.05, 3.63) is 65.2 Å². The Labute approximate surface area is 192 Å². The van der Waals surface area contributed by atoms with Crippen LogP contribution in [0.5, 0.6) is 0 Å². The molecule has 4 rings (SSSR count). The van der Waals surface area contributed by atoms with Crippen LogP contribution >= 0.6 is 0 Å². The van der Waals surface area contributed by atoms with Crippen molar-refractivity contribution in [2.75, 3.05) is 38.2 Å². The Balaban J connectivity index is 1.55. The molecule has 4 N–H and O–H groups in total. The Morgan fingerprint density at radius 1 is 1.06 bits per heavy atom. The van der Waals surface area contributed by atoms with E-state index in [4.69, 9.17) is 4.74 Å². The summed E-state index contributed by atoms with van der Waals surface area (Å²) >= 11 is 0. The minimum absolute atomic E-state index is 0.0628. The molecule has 172 valence electrons. The number of anilines is 1.